The number of hydrogen-bond donors (Lipinski definition) is 1. The molecule has 25 heavy (non-hydrogen) atoms. The quantitative estimate of drug-likeness (QED) is 0.700. The van der Waals surface area contributed by atoms with E-state index in [1.54, 1.807) is 24.3 Å². The molecule has 132 valence electrons. The third kappa shape index (κ3) is 6.22. The number of nitrogens with one attached hydrogen (secondary N) is 1. The van der Waals surface area contributed by atoms with Gasteiger partial charge in [0.1, 0.15) is 0 Å². The van der Waals surface area contributed by atoms with Gasteiger partial charge in [-0.05, 0) is 43.2 Å². The maximum absolute atomic E-state index is 12.2. The molecule has 0 saturated heterocycles. The van der Waals surface area contributed by atoms with E-state index in [0.29, 0.717) is 17.7 Å². The van der Waals surface area contributed by atoms with Gasteiger partial charge >= 0.3 is 0 Å². The largest absolute Gasteiger partial charge is 0.372 e. The fourth-order valence-corrected chi connectivity index (χ4v) is 3.78. The van der Waals surface area contributed by atoms with Crippen LogP contribution in [0.25, 0.3) is 0 Å². The molecule has 2 aromatic rings. The molecule has 2 aromatic carbocycles. The molecule has 1 N–H and O–H groups in total. The fourth-order valence-electron chi connectivity index (χ4n) is 2.61. The molecular weight excluding hydrogens is 334 g/mol. The minimum atomic E-state index is -3.41. The first-order valence-corrected chi connectivity index (χ1v) is 9.95. The fraction of sp³-hybridized carbons (Fsp3) is 0.316. The van der Waals surface area contributed by atoms with Gasteiger partial charge in [0.25, 0.3) is 0 Å². The Morgan fingerprint density at radius 1 is 1.12 bits per heavy atom. The van der Waals surface area contributed by atoms with Crippen LogP contribution >= 0.6 is 0 Å². The molecule has 0 amide bonds. The lowest BCUT2D eigenvalue weighted by Gasteiger charge is -2.23. The Labute approximate surface area is 150 Å². The lowest BCUT2D eigenvalue weighted by Crippen LogP contribution is -2.30. The van der Waals surface area contributed by atoms with Crippen LogP contribution in [0.2, 0.25) is 0 Å². The minimum Gasteiger partial charge on any atom is -0.372 e. The van der Waals surface area contributed by atoms with E-state index in [9.17, 15) is 8.42 Å². The molecule has 0 aliphatic carbocycles. The highest BCUT2D eigenvalue weighted by Gasteiger charge is 2.12. The summed E-state index contributed by atoms with van der Waals surface area (Å²) < 4.78 is 27.0. The zero-order valence-corrected chi connectivity index (χ0v) is 15.2. The van der Waals surface area contributed by atoms with Gasteiger partial charge in [0.05, 0.1) is 17.4 Å². The third-order valence-corrected chi connectivity index (χ3v) is 5.20. The molecule has 0 saturated carbocycles. The predicted molar refractivity (Wildman–Crippen MR) is 101 cm³/mol. The number of anilines is 1. The lowest BCUT2D eigenvalue weighted by molar-refractivity contribution is 0.577. The Kier molecular flexibility index (Phi) is 6.99. The first kappa shape index (κ1) is 19.0. The normalized spacial score (nSPS) is 11.0. The van der Waals surface area contributed by atoms with Crippen molar-refractivity contribution in [3.63, 3.8) is 0 Å². The van der Waals surface area contributed by atoms with Crippen molar-refractivity contribution >= 4 is 15.7 Å². The number of hydrogen-bond acceptors (Lipinski definition) is 4. The highest BCUT2D eigenvalue weighted by molar-refractivity contribution is 7.88. The van der Waals surface area contributed by atoms with E-state index in [-0.39, 0.29) is 5.75 Å². The van der Waals surface area contributed by atoms with E-state index in [1.807, 2.05) is 24.3 Å². The Balaban J connectivity index is 1.82. The Bertz CT molecular complexity index is 814. The summed E-state index contributed by atoms with van der Waals surface area (Å²) >= 11 is 0. The Morgan fingerprint density at radius 3 is 2.56 bits per heavy atom. The molecule has 5 nitrogen and oxygen atoms in total. The number of nitrogens with zero attached hydrogens (tertiary/aromatic N) is 2. The first-order valence-electron chi connectivity index (χ1n) is 8.30. The van der Waals surface area contributed by atoms with E-state index < -0.39 is 10.0 Å². The molecule has 0 spiro atoms. The van der Waals surface area contributed by atoms with Crippen LogP contribution in [0.1, 0.15) is 24.5 Å². The molecule has 0 fully saturated rings. The lowest BCUT2D eigenvalue weighted by atomic mass is 10.2. The number of benzene rings is 2. The predicted octanol–water partition coefficient (Wildman–Crippen LogP) is 2.89. The van der Waals surface area contributed by atoms with Crippen molar-refractivity contribution in [3.05, 3.63) is 65.7 Å². The maximum atomic E-state index is 12.2. The van der Waals surface area contributed by atoms with Crippen LogP contribution in [-0.2, 0) is 15.8 Å². The van der Waals surface area contributed by atoms with Crippen molar-refractivity contribution in [2.45, 2.75) is 19.1 Å². The van der Waals surface area contributed by atoms with Gasteiger partial charge in [-0.1, -0.05) is 30.3 Å². The van der Waals surface area contributed by atoms with Gasteiger partial charge in [-0.15, -0.1) is 0 Å². The second-order valence-electron chi connectivity index (χ2n) is 5.73. The smallest absolute Gasteiger partial charge is 0.215 e. The van der Waals surface area contributed by atoms with Crippen molar-refractivity contribution in [2.24, 2.45) is 0 Å². The average molecular weight is 357 g/mol. The first-order chi connectivity index (χ1) is 12.0. The summed E-state index contributed by atoms with van der Waals surface area (Å²) in [7, 11) is -3.41. The summed E-state index contributed by atoms with van der Waals surface area (Å²) in [4.78, 5) is 2.21. The van der Waals surface area contributed by atoms with E-state index in [1.165, 1.54) is 0 Å². The molecule has 0 bridgehead atoms. The van der Waals surface area contributed by atoms with E-state index in [4.69, 9.17) is 5.26 Å². The molecule has 6 heteroatoms. The zero-order chi connectivity index (χ0) is 18.1. The summed E-state index contributed by atoms with van der Waals surface area (Å²) in [5.74, 6) is -0.112. The average Bonchev–Trinajstić information content (AvgIpc) is 2.62. The number of sulfonamides is 1. The van der Waals surface area contributed by atoms with Gasteiger partial charge in [-0.25, -0.2) is 13.1 Å². The van der Waals surface area contributed by atoms with Crippen LogP contribution < -0.4 is 9.62 Å². The van der Waals surface area contributed by atoms with E-state index in [0.717, 1.165) is 25.2 Å². The van der Waals surface area contributed by atoms with Crippen molar-refractivity contribution in [3.8, 4) is 6.07 Å². The SMILES string of the molecule is CCN(CCCNS(=O)(=O)Cc1cccc(C#N)c1)c1ccccc1. The zero-order valence-electron chi connectivity index (χ0n) is 14.4. The minimum absolute atomic E-state index is 0.112. The van der Waals surface area contributed by atoms with Gasteiger partial charge in [0, 0.05) is 25.3 Å². The van der Waals surface area contributed by atoms with Crippen LogP contribution in [0.3, 0.4) is 0 Å². The molecule has 0 radical (unpaired) electrons. The molecular formula is C19H23N3O2S. The van der Waals surface area contributed by atoms with Crippen LogP contribution in [0, 0.1) is 11.3 Å². The topological polar surface area (TPSA) is 73.2 Å². The molecule has 0 atom stereocenters. The molecule has 0 aromatic heterocycles. The van der Waals surface area contributed by atoms with E-state index in [2.05, 4.69) is 28.7 Å². The van der Waals surface area contributed by atoms with E-state index >= 15 is 0 Å². The van der Waals surface area contributed by atoms with Crippen molar-refractivity contribution in [1.29, 1.82) is 5.26 Å². The molecule has 2 rings (SSSR count). The van der Waals surface area contributed by atoms with Crippen molar-refractivity contribution in [2.75, 3.05) is 24.5 Å². The van der Waals surface area contributed by atoms with Crippen LogP contribution in [-0.4, -0.2) is 28.1 Å². The summed E-state index contributed by atoms with van der Waals surface area (Å²) in [6, 6.07) is 18.8. The number of nitriles is 1. The second-order valence-corrected chi connectivity index (χ2v) is 7.54. The molecule has 0 unspecified atom stereocenters. The molecule has 0 aliphatic rings. The van der Waals surface area contributed by atoms with Crippen LogP contribution in [0.5, 0.6) is 0 Å². The van der Waals surface area contributed by atoms with Gasteiger partial charge < -0.3 is 4.90 Å². The number of para-hydroxylation sites is 1. The van der Waals surface area contributed by atoms with Gasteiger partial charge in [-0.3, -0.25) is 0 Å². The van der Waals surface area contributed by atoms with Crippen LogP contribution in [0.4, 0.5) is 5.69 Å². The summed E-state index contributed by atoms with van der Waals surface area (Å²) in [6.07, 6.45) is 0.722. The van der Waals surface area contributed by atoms with Gasteiger partial charge in [0.2, 0.25) is 10.0 Å². The summed E-state index contributed by atoms with van der Waals surface area (Å²) in [5.41, 5.74) is 2.22. The standard InChI is InChI=1S/C19H23N3O2S/c1-2-22(19-10-4-3-5-11-19)13-7-12-21-25(23,24)16-18-9-6-8-17(14-18)15-20/h3-6,8-11,14,21H,2,7,12-13,16H2,1H3. The third-order valence-electron chi connectivity index (χ3n) is 3.84. The Morgan fingerprint density at radius 2 is 1.88 bits per heavy atom. The van der Waals surface area contributed by atoms with Crippen molar-refractivity contribution in [1.82, 2.24) is 4.72 Å². The maximum Gasteiger partial charge on any atom is 0.215 e. The monoisotopic (exact) mass is 357 g/mol. The Hall–Kier alpha value is -2.36. The molecule has 0 aliphatic heterocycles. The molecule has 0 heterocycles. The van der Waals surface area contributed by atoms with Crippen molar-refractivity contribution < 1.29 is 8.42 Å². The van der Waals surface area contributed by atoms with Crippen LogP contribution in [0.15, 0.2) is 54.6 Å². The second kappa shape index (κ2) is 9.21. The van der Waals surface area contributed by atoms with Gasteiger partial charge in [0.15, 0.2) is 0 Å². The highest BCUT2D eigenvalue weighted by atomic mass is 32.2. The highest BCUT2D eigenvalue weighted by Crippen LogP contribution is 2.13. The summed E-state index contributed by atoms with van der Waals surface area (Å²) in [5, 5.41) is 8.88. The van der Waals surface area contributed by atoms with Gasteiger partial charge in [-0.2, -0.15) is 5.26 Å². The summed E-state index contributed by atoms with van der Waals surface area (Å²) in [6.45, 7) is 4.13. The number of rotatable bonds is 9.